The monoisotopic (exact) mass is 541 g/mol. The number of anilines is 1. The zero-order valence-electron chi connectivity index (χ0n) is 21.3. The van der Waals surface area contributed by atoms with Crippen LogP contribution in [0.3, 0.4) is 0 Å². The molecule has 0 spiro atoms. The number of hydrogen-bond acceptors (Lipinski definition) is 8. The Kier molecular flexibility index (Phi) is 11.0. The van der Waals surface area contributed by atoms with Crippen molar-refractivity contribution in [2.24, 2.45) is 0 Å². The van der Waals surface area contributed by atoms with Crippen LogP contribution < -0.4 is 20.1 Å². The fraction of sp³-hybridized carbons (Fsp3) is 0.560. The third kappa shape index (κ3) is 7.35. The first kappa shape index (κ1) is 29.9. The van der Waals surface area contributed by atoms with Gasteiger partial charge in [0.25, 0.3) is 5.91 Å². The molecule has 2 aliphatic rings. The lowest BCUT2D eigenvalue weighted by molar-refractivity contribution is 0.00634. The van der Waals surface area contributed by atoms with Crippen molar-refractivity contribution in [3.05, 3.63) is 41.6 Å². The Morgan fingerprint density at radius 2 is 2.06 bits per heavy atom. The zero-order chi connectivity index (χ0) is 24.1. The first-order valence-electron chi connectivity index (χ1n) is 11.9. The van der Waals surface area contributed by atoms with Gasteiger partial charge in [0.05, 0.1) is 24.8 Å². The first-order valence-corrected chi connectivity index (χ1v) is 11.9. The topological polar surface area (TPSA) is 97.8 Å². The molecule has 2 N–H and O–H groups in total. The highest BCUT2D eigenvalue weighted by molar-refractivity contribution is 5.97. The van der Waals surface area contributed by atoms with Gasteiger partial charge < -0.3 is 29.7 Å². The van der Waals surface area contributed by atoms with Crippen LogP contribution in [0.2, 0.25) is 0 Å². The second-order valence-corrected chi connectivity index (χ2v) is 9.48. The number of nitrogens with zero attached hydrogens (tertiary/aromatic N) is 3. The van der Waals surface area contributed by atoms with Crippen LogP contribution in [0, 0.1) is 0 Å². The van der Waals surface area contributed by atoms with E-state index in [0.717, 1.165) is 51.0 Å². The van der Waals surface area contributed by atoms with E-state index in [-0.39, 0.29) is 48.5 Å². The van der Waals surface area contributed by atoms with Crippen molar-refractivity contribution >= 4 is 36.7 Å². The molecule has 1 aromatic carbocycles. The van der Waals surface area contributed by atoms with Crippen LogP contribution in [0.4, 0.5) is 5.95 Å². The molecule has 2 aliphatic heterocycles. The highest BCUT2D eigenvalue weighted by atomic mass is 35.5. The summed E-state index contributed by atoms with van der Waals surface area (Å²) >= 11 is 0. The average molecular weight is 543 g/mol. The minimum absolute atomic E-state index is 0. The SMILES string of the molecule is COc1ccnc(NCCCN2CCC(NC(=O)c3cccc4c3OC(C)(C)C4)C(OC)C2)n1.Cl.Cl. The summed E-state index contributed by atoms with van der Waals surface area (Å²) in [6, 6.07) is 7.48. The van der Waals surface area contributed by atoms with E-state index in [1.54, 1.807) is 26.5 Å². The third-order valence-electron chi connectivity index (χ3n) is 6.37. The van der Waals surface area contributed by atoms with Crippen molar-refractivity contribution in [3.63, 3.8) is 0 Å². The minimum Gasteiger partial charge on any atom is -0.486 e. The number of halogens is 2. The van der Waals surface area contributed by atoms with E-state index in [2.05, 4.69) is 25.5 Å². The van der Waals surface area contributed by atoms with Gasteiger partial charge in [-0.1, -0.05) is 12.1 Å². The molecule has 2 atom stereocenters. The summed E-state index contributed by atoms with van der Waals surface area (Å²) in [5.41, 5.74) is 1.40. The lowest BCUT2D eigenvalue weighted by Gasteiger charge is -2.38. The number of benzene rings is 1. The fourth-order valence-electron chi connectivity index (χ4n) is 4.67. The molecule has 9 nitrogen and oxygen atoms in total. The van der Waals surface area contributed by atoms with Crippen LogP contribution in [0.5, 0.6) is 11.6 Å². The Morgan fingerprint density at radius 3 is 2.81 bits per heavy atom. The van der Waals surface area contributed by atoms with Crippen LogP contribution in [0.25, 0.3) is 0 Å². The molecule has 11 heteroatoms. The van der Waals surface area contributed by atoms with Gasteiger partial charge in [-0.05, 0) is 44.9 Å². The minimum atomic E-state index is -0.285. The quantitative estimate of drug-likeness (QED) is 0.466. The van der Waals surface area contributed by atoms with Gasteiger partial charge in [-0.2, -0.15) is 4.98 Å². The molecule has 1 aromatic heterocycles. The summed E-state index contributed by atoms with van der Waals surface area (Å²) < 4.78 is 17.0. The lowest BCUT2D eigenvalue weighted by Crippen LogP contribution is -2.55. The van der Waals surface area contributed by atoms with Crippen LogP contribution in [0.1, 0.15) is 42.6 Å². The number of hydrogen-bond donors (Lipinski definition) is 2. The predicted octanol–water partition coefficient (Wildman–Crippen LogP) is 3.36. The van der Waals surface area contributed by atoms with Crippen molar-refractivity contribution in [1.29, 1.82) is 0 Å². The highest BCUT2D eigenvalue weighted by Crippen LogP contribution is 2.37. The third-order valence-corrected chi connectivity index (χ3v) is 6.37. The maximum absolute atomic E-state index is 13.1. The molecule has 1 fully saturated rings. The molecule has 0 saturated carbocycles. The van der Waals surface area contributed by atoms with Crippen molar-refractivity contribution in [2.75, 3.05) is 45.7 Å². The molecule has 2 aromatic rings. The van der Waals surface area contributed by atoms with E-state index in [4.69, 9.17) is 14.2 Å². The zero-order valence-corrected chi connectivity index (χ0v) is 22.9. The standard InChI is InChI=1S/C25H35N5O4.2ClH/c1-25(2)15-17-7-5-8-18(22(17)34-25)23(31)28-19-10-14-30(16-20(19)32-3)13-6-11-26-24-27-12-9-21(29-24)33-4;;/h5,7-9,12,19-20H,6,10-11,13-16H2,1-4H3,(H,28,31)(H,26,27,29);2*1H. The summed E-state index contributed by atoms with van der Waals surface area (Å²) in [7, 11) is 3.30. The van der Waals surface area contributed by atoms with E-state index >= 15 is 0 Å². The number of rotatable bonds is 9. The molecule has 1 saturated heterocycles. The van der Waals surface area contributed by atoms with Crippen molar-refractivity contribution in [2.45, 2.75) is 50.9 Å². The number of piperidine rings is 1. The van der Waals surface area contributed by atoms with E-state index in [9.17, 15) is 4.79 Å². The molecule has 3 heterocycles. The predicted molar refractivity (Wildman–Crippen MR) is 144 cm³/mol. The van der Waals surface area contributed by atoms with E-state index < -0.39 is 0 Å². The van der Waals surface area contributed by atoms with E-state index in [1.165, 1.54) is 0 Å². The van der Waals surface area contributed by atoms with Gasteiger partial charge in [0, 0.05) is 45.4 Å². The van der Waals surface area contributed by atoms with Crippen molar-refractivity contribution in [3.8, 4) is 11.6 Å². The highest BCUT2D eigenvalue weighted by Gasteiger charge is 2.35. The van der Waals surface area contributed by atoms with Crippen molar-refractivity contribution in [1.82, 2.24) is 20.2 Å². The van der Waals surface area contributed by atoms with Gasteiger partial charge in [0.2, 0.25) is 11.8 Å². The summed E-state index contributed by atoms with van der Waals surface area (Å²) in [5, 5.41) is 6.44. The van der Waals surface area contributed by atoms with E-state index in [0.29, 0.717) is 23.1 Å². The number of nitrogens with one attached hydrogen (secondary N) is 2. The van der Waals surface area contributed by atoms with Gasteiger partial charge in [0.1, 0.15) is 11.4 Å². The van der Waals surface area contributed by atoms with Gasteiger partial charge in [-0.3, -0.25) is 4.79 Å². The molecule has 0 aliphatic carbocycles. The normalized spacial score (nSPS) is 20.2. The number of methoxy groups -OCH3 is 2. The smallest absolute Gasteiger partial charge is 0.255 e. The van der Waals surface area contributed by atoms with Crippen LogP contribution in [-0.2, 0) is 11.2 Å². The Hall–Kier alpha value is -2.33. The summed E-state index contributed by atoms with van der Waals surface area (Å²) in [6.45, 7) is 7.45. The number of aromatic nitrogens is 2. The maximum atomic E-state index is 13.1. The molecule has 36 heavy (non-hydrogen) atoms. The number of para-hydroxylation sites is 1. The van der Waals surface area contributed by atoms with E-state index in [1.807, 2.05) is 32.0 Å². The van der Waals surface area contributed by atoms with Gasteiger partial charge in [0.15, 0.2) is 0 Å². The Bertz CT molecular complexity index is 1010. The molecular weight excluding hydrogens is 505 g/mol. The number of amides is 1. The number of carbonyl (C=O) groups excluding carboxylic acids is 1. The Morgan fingerprint density at radius 1 is 1.25 bits per heavy atom. The van der Waals surface area contributed by atoms with Crippen LogP contribution in [0.15, 0.2) is 30.5 Å². The first-order chi connectivity index (χ1) is 16.4. The fourth-order valence-corrected chi connectivity index (χ4v) is 4.67. The van der Waals surface area contributed by atoms with Gasteiger partial charge in [-0.15, -0.1) is 24.8 Å². The number of carbonyl (C=O) groups is 1. The molecule has 2 unspecified atom stereocenters. The van der Waals surface area contributed by atoms with Crippen LogP contribution >= 0.6 is 24.8 Å². The molecular formula is C25H37Cl2N5O4. The Balaban J connectivity index is 0.00000228. The number of fused-ring (bicyclic) bond motifs is 1. The lowest BCUT2D eigenvalue weighted by atomic mass is 9.99. The summed E-state index contributed by atoms with van der Waals surface area (Å²) in [5.74, 6) is 1.72. The van der Waals surface area contributed by atoms with Gasteiger partial charge >= 0.3 is 0 Å². The van der Waals surface area contributed by atoms with Crippen molar-refractivity contribution < 1.29 is 19.0 Å². The number of ether oxygens (including phenoxy) is 3. The van der Waals surface area contributed by atoms with Gasteiger partial charge in [-0.25, -0.2) is 4.98 Å². The molecule has 1 amide bonds. The second kappa shape index (κ2) is 13.3. The molecule has 4 rings (SSSR count). The van der Waals surface area contributed by atoms with Crippen LogP contribution in [-0.4, -0.2) is 78.9 Å². The Labute approximate surface area is 225 Å². The molecule has 0 radical (unpaired) electrons. The number of likely N-dealkylation sites (tertiary alicyclic amines) is 1. The second-order valence-electron chi connectivity index (χ2n) is 9.48. The summed E-state index contributed by atoms with van der Waals surface area (Å²) in [4.78, 5) is 24.0. The molecule has 0 bridgehead atoms. The summed E-state index contributed by atoms with van der Waals surface area (Å²) in [6.07, 6.45) is 4.19. The largest absolute Gasteiger partial charge is 0.486 e. The molecule has 200 valence electrons. The maximum Gasteiger partial charge on any atom is 0.255 e. The average Bonchev–Trinajstić information content (AvgIpc) is 3.16.